The molecule has 1 aliphatic carbocycles. The average molecular weight is 472 g/mol. The van der Waals surface area contributed by atoms with Crippen LogP contribution >= 0.6 is 24.8 Å². The molecule has 0 radical (unpaired) electrons. The van der Waals surface area contributed by atoms with E-state index in [2.05, 4.69) is 44.7 Å². The van der Waals surface area contributed by atoms with E-state index in [1.54, 1.807) is 11.1 Å². The summed E-state index contributed by atoms with van der Waals surface area (Å²) in [5.41, 5.74) is 3.11. The third-order valence-corrected chi connectivity index (χ3v) is 7.29. The summed E-state index contributed by atoms with van der Waals surface area (Å²) in [6.45, 7) is 6.29. The molecule has 5 nitrogen and oxygen atoms in total. The Bertz CT molecular complexity index is 656. The number of benzene rings is 1. The van der Waals surface area contributed by atoms with Crippen molar-refractivity contribution >= 4 is 30.7 Å². The number of nitrogens with one attached hydrogen (secondary N) is 2. The lowest BCUT2D eigenvalue weighted by Gasteiger charge is -2.43. The lowest BCUT2D eigenvalue weighted by Crippen LogP contribution is -2.52. The van der Waals surface area contributed by atoms with Gasteiger partial charge in [0.05, 0.1) is 5.92 Å². The number of hydrogen-bond donors (Lipinski definition) is 2. The SMILES string of the molecule is CNCCCNC(=O)C1CCCN(C2CCN(C3Cc4ccccc4C3)CC2)C1.Cl.Cl. The van der Waals surface area contributed by atoms with E-state index >= 15 is 0 Å². The van der Waals surface area contributed by atoms with Crippen LogP contribution in [-0.2, 0) is 17.6 Å². The van der Waals surface area contributed by atoms with E-state index < -0.39 is 0 Å². The number of carbonyl (C=O) groups is 1. The molecule has 1 atom stereocenters. The Morgan fingerprint density at radius 1 is 0.935 bits per heavy atom. The minimum Gasteiger partial charge on any atom is -0.356 e. The van der Waals surface area contributed by atoms with Gasteiger partial charge in [-0.05, 0) is 89.3 Å². The number of amides is 1. The maximum atomic E-state index is 12.6. The summed E-state index contributed by atoms with van der Waals surface area (Å²) >= 11 is 0. The van der Waals surface area contributed by atoms with Gasteiger partial charge in [0.1, 0.15) is 0 Å². The lowest BCUT2D eigenvalue weighted by atomic mass is 9.92. The fraction of sp³-hybridized carbons (Fsp3) is 0.708. The Kier molecular flexibility index (Phi) is 11.1. The molecule has 1 unspecified atom stereocenters. The Labute approximate surface area is 200 Å². The highest BCUT2D eigenvalue weighted by atomic mass is 35.5. The predicted octanol–water partition coefficient (Wildman–Crippen LogP) is 2.90. The number of hydrogen-bond acceptors (Lipinski definition) is 4. The van der Waals surface area contributed by atoms with E-state index in [4.69, 9.17) is 0 Å². The molecule has 2 N–H and O–H groups in total. The summed E-state index contributed by atoms with van der Waals surface area (Å²) in [4.78, 5) is 17.9. The number of likely N-dealkylation sites (tertiary alicyclic amines) is 2. The van der Waals surface area contributed by atoms with Gasteiger partial charge in [0.15, 0.2) is 0 Å². The first-order valence-corrected chi connectivity index (χ1v) is 11.7. The van der Waals surface area contributed by atoms with Gasteiger partial charge in [0, 0.05) is 25.2 Å². The normalized spacial score (nSPS) is 22.9. The van der Waals surface area contributed by atoms with Gasteiger partial charge in [0.25, 0.3) is 0 Å². The van der Waals surface area contributed by atoms with Crippen LogP contribution in [0, 0.1) is 5.92 Å². The number of halogens is 2. The first-order valence-electron chi connectivity index (χ1n) is 11.7. The van der Waals surface area contributed by atoms with Crippen molar-refractivity contribution < 1.29 is 4.79 Å². The second-order valence-electron chi connectivity index (χ2n) is 9.18. The topological polar surface area (TPSA) is 47.6 Å². The van der Waals surface area contributed by atoms with Crippen LogP contribution in [0.25, 0.3) is 0 Å². The fourth-order valence-electron chi connectivity index (χ4n) is 5.58. The molecule has 2 heterocycles. The third-order valence-electron chi connectivity index (χ3n) is 7.29. The number of nitrogens with zero attached hydrogens (tertiary/aromatic N) is 2. The molecule has 1 aromatic carbocycles. The zero-order chi connectivity index (χ0) is 20.1. The standard InChI is InChI=1S/C24H38N4O.2ClH/c1-25-11-5-12-26-24(29)21-8-4-13-28(18-21)22-9-14-27(15-10-22)23-16-19-6-2-3-7-20(19)17-23;;/h2-3,6-7,21-23,25H,4-5,8-18H2,1H3,(H,26,29);2*1H. The van der Waals surface area contributed by atoms with Crippen molar-refractivity contribution in [1.82, 2.24) is 20.4 Å². The molecule has 2 saturated heterocycles. The number of fused-ring (bicyclic) bond motifs is 1. The smallest absolute Gasteiger partial charge is 0.224 e. The summed E-state index contributed by atoms with van der Waals surface area (Å²) in [7, 11) is 1.96. The first-order chi connectivity index (χ1) is 14.2. The lowest BCUT2D eigenvalue weighted by molar-refractivity contribution is -0.127. The number of piperidine rings is 2. The Morgan fingerprint density at radius 3 is 2.26 bits per heavy atom. The minimum absolute atomic E-state index is 0. The monoisotopic (exact) mass is 470 g/mol. The highest BCUT2D eigenvalue weighted by molar-refractivity contribution is 5.85. The highest BCUT2D eigenvalue weighted by Gasteiger charge is 2.34. The molecular weight excluding hydrogens is 431 g/mol. The van der Waals surface area contributed by atoms with Crippen molar-refractivity contribution in [2.45, 2.75) is 57.0 Å². The van der Waals surface area contributed by atoms with E-state index in [0.717, 1.165) is 38.9 Å². The molecule has 31 heavy (non-hydrogen) atoms. The fourth-order valence-corrected chi connectivity index (χ4v) is 5.58. The minimum atomic E-state index is 0. The predicted molar refractivity (Wildman–Crippen MR) is 133 cm³/mol. The average Bonchev–Trinajstić information content (AvgIpc) is 3.21. The van der Waals surface area contributed by atoms with Gasteiger partial charge in [-0.2, -0.15) is 0 Å². The van der Waals surface area contributed by atoms with Crippen LogP contribution in [-0.4, -0.2) is 74.1 Å². The molecule has 2 fully saturated rings. The Balaban J connectivity index is 0.00000171. The molecule has 4 rings (SSSR count). The summed E-state index contributed by atoms with van der Waals surface area (Å²) < 4.78 is 0. The third kappa shape index (κ3) is 6.82. The van der Waals surface area contributed by atoms with Crippen LogP contribution < -0.4 is 10.6 Å². The molecule has 1 aromatic rings. The second-order valence-corrected chi connectivity index (χ2v) is 9.18. The van der Waals surface area contributed by atoms with Crippen molar-refractivity contribution in [3.63, 3.8) is 0 Å². The van der Waals surface area contributed by atoms with E-state index in [1.807, 2.05) is 7.05 Å². The molecule has 0 aromatic heterocycles. The van der Waals surface area contributed by atoms with Crippen molar-refractivity contribution in [3.8, 4) is 0 Å². The van der Waals surface area contributed by atoms with Gasteiger partial charge in [-0.25, -0.2) is 0 Å². The first kappa shape index (κ1) is 26.4. The van der Waals surface area contributed by atoms with Gasteiger partial charge in [-0.3, -0.25) is 14.6 Å². The van der Waals surface area contributed by atoms with Crippen molar-refractivity contribution in [1.29, 1.82) is 0 Å². The van der Waals surface area contributed by atoms with Gasteiger partial charge in [-0.15, -0.1) is 24.8 Å². The van der Waals surface area contributed by atoms with Gasteiger partial charge < -0.3 is 10.6 Å². The van der Waals surface area contributed by atoms with Crippen LogP contribution in [0.3, 0.4) is 0 Å². The maximum absolute atomic E-state index is 12.6. The molecule has 0 bridgehead atoms. The molecule has 0 saturated carbocycles. The van der Waals surface area contributed by atoms with Gasteiger partial charge >= 0.3 is 0 Å². The van der Waals surface area contributed by atoms with Crippen LogP contribution in [0.2, 0.25) is 0 Å². The Hall–Kier alpha value is -0.850. The largest absolute Gasteiger partial charge is 0.356 e. The number of rotatable bonds is 7. The quantitative estimate of drug-likeness (QED) is 0.601. The Morgan fingerprint density at radius 2 is 1.61 bits per heavy atom. The second kappa shape index (κ2) is 13.0. The van der Waals surface area contributed by atoms with E-state index in [-0.39, 0.29) is 36.6 Å². The molecule has 7 heteroatoms. The molecule has 2 aliphatic heterocycles. The van der Waals surface area contributed by atoms with Gasteiger partial charge in [-0.1, -0.05) is 24.3 Å². The zero-order valence-electron chi connectivity index (χ0n) is 18.9. The van der Waals surface area contributed by atoms with Gasteiger partial charge in [0.2, 0.25) is 5.91 Å². The number of carbonyl (C=O) groups excluding carboxylic acids is 1. The maximum Gasteiger partial charge on any atom is 0.224 e. The van der Waals surface area contributed by atoms with Crippen LogP contribution in [0.5, 0.6) is 0 Å². The van der Waals surface area contributed by atoms with Crippen molar-refractivity contribution in [3.05, 3.63) is 35.4 Å². The molecule has 0 spiro atoms. The van der Waals surface area contributed by atoms with E-state index in [1.165, 1.54) is 45.3 Å². The van der Waals surface area contributed by atoms with E-state index in [9.17, 15) is 4.79 Å². The van der Waals surface area contributed by atoms with Crippen molar-refractivity contribution in [2.75, 3.05) is 46.3 Å². The zero-order valence-corrected chi connectivity index (χ0v) is 20.5. The molecule has 176 valence electrons. The van der Waals surface area contributed by atoms with Crippen LogP contribution in [0.1, 0.15) is 43.2 Å². The van der Waals surface area contributed by atoms with E-state index in [0.29, 0.717) is 12.1 Å². The molecule has 3 aliphatic rings. The summed E-state index contributed by atoms with van der Waals surface area (Å²) in [6, 6.07) is 10.3. The summed E-state index contributed by atoms with van der Waals surface area (Å²) in [6.07, 6.45) is 8.16. The summed E-state index contributed by atoms with van der Waals surface area (Å²) in [5.74, 6) is 0.452. The van der Waals surface area contributed by atoms with Crippen molar-refractivity contribution in [2.24, 2.45) is 5.92 Å². The molecular formula is C24H40Cl2N4O. The summed E-state index contributed by atoms with van der Waals surface area (Å²) in [5, 5.41) is 6.29. The van der Waals surface area contributed by atoms with Crippen LogP contribution in [0.4, 0.5) is 0 Å². The molecule has 1 amide bonds. The van der Waals surface area contributed by atoms with Crippen LogP contribution in [0.15, 0.2) is 24.3 Å². The highest BCUT2D eigenvalue weighted by Crippen LogP contribution is 2.29.